The topological polar surface area (TPSA) is 99.5 Å². The first-order chi connectivity index (χ1) is 52.3. The number of aromatic nitrogens is 7. The van der Waals surface area contributed by atoms with Crippen molar-refractivity contribution in [3.8, 4) is 135 Å². The van der Waals surface area contributed by atoms with Gasteiger partial charge in [0.2, 0.25) is 0 Å². The third-order valence-corrected chi connectivity index (χ3v) is 22.1. The van der Waals surface area contributed by atoms with Gasteiger partial charge in [0.1, 0.15) is 17.3 Å². The quantitative estimate of drug-likeness (QED) is 0.126. The van der Waals surface area contributed by atoms with E-state index in [0.29, 0.717) is 23.3 Å². The number of ether oxygens (including phenoxy) is 1. The number of nitrogens with zero attached hydrogens (tertiary/aromatic N) is 7. The van der Waals surface area contributed by atoms with E-state index in [2.05, 4.69) is 311 Å². The molecule has 0 fully saturated rings. The number of hydrogen-bond acceptors (Lipinski definition) is 8. The third-order valence-electron chi connectivity index (χ3n) is 22.1. The smallest absolute Gasteiger partial charge is 0.164 e. The molecule has 0 bridgehead atoms. The van der Waals surface area contributed by atoms with Crippen LogP contribution in [0.1, 0.15) is 61.5 Å². The van der Waals surface area contributed by atoms with Gasteiger partial charge >= 0.3 is 0 Å². The van der Waals surface area contributed by atoms with Crippen molar-refractivity contribution >= 4 is 10.8 Å². The molecule has 8 heteroatoms. The summed E-state index contributed by atoms with van der Waals surface area (Å²) in [6.07, 6.45) is 5.80. The molecule has 2 aliphatic carbocycles. The van der Waals surface area contributed by atoms with E-state index in [-0.39, 0.29) is 0 Å². The lowest BCUT2D eigenvalue weighted by atomic mass is 9.65. The Morgan fingerprint density at radius 1 is 0.283 bits per heavy atom. The number of fused-ring (bicyclic) bond motifs is 13. The molecule has 5 heterocycles. The van der Waals surface area contributed by atoms with Gasteiger partial charge in [0.15, 0.2) is 17.5 Å². The minimum absolute atomic E-state index is 0.542. The van der Waals surface area contributed by atoms with Gasteiger partial charge in [-0.15, -0.1) is 0 Å². The highest BCUT2D eigenvalue weighted by molar-refractivity contribution is 6.04. The zero-order chi connectivity index (χ0) is 70.6. The first-order valence-corrected chi connectivity index (χ1v) is 36.1. The van der Waals surface area contributed by atoms with E-state index in [0.717, 1.165) is 134 Å². The number of benzene rings is 13. The Kier molecular flexibility index (Phi) is 14.5. The highest BCUT2D eigenvalue weighted by atomic mass is 16.5. The van der Waals surface area contributed by atoms with Crippen LogP contribution in [-0.2, 0) is 10.8 Å². The third kappa shape index (κ3) is 9.71. The minimum atomic E-state index is -0.819. The summed E-state index contributed by atoms with van der Waals surface area (Å²) in [5.74, 6) is 3.94. The van der Waals surface area contributed by atoms with E-state index in [4.69, 9.17) is 39.6 Å². The van der Waals surface area contributed by atoms with Gasteiger partial charge < -0.3 is 4.74 Å². The molecule has 20 rings (SSSR count). The van der Waals surface area contributed by atoms with Gasteiger partial charge in [0.05, 0.1) is 27.9 Å². The molecule has 1 spiro atoms. The van der Waals surface area contributed by atoms with Gasteiger partial charge in [-0.1, -0.05) is 273 Å². The molecule has 0 amide bonds. The van der Waals surface area contributed by atoms with Crippen LogP contribution in [0.3, 0.4) is 0 Å². The average molecular weight is 1360 g/mol. The molecule has 8 nitrogen and oxygen atoms in total. The molecule has 17 aromatic rings. The summed E-state index contributed by atoms with van der Waals surface area (Å²) in [5, 5.41) is 2.44. The number of aryl methyl sites for hydroxylation is 3. The van der Waals surface area contributed by atoms with Gasteiger partial charge in [-0.3, -0.25) is 9.97 Å². The van der Waals surface area contributed by atoms with Crippen LogP contribution < -0.4 is 4.74 Å². The molecule has 0 radical (unpaired) electrons. The Morgan fingerprint density at radius 2 is 0.849 bits per heavy atom. The van der Waals surface area contributed by atoms with Crippen molar-refractivity contribution in [2.75, 3.05) is 0 Å². The Bertz CT molecular complexity index is 6360. The van der Waals surface area contributed by atoms with E-state index in [1.54, 1.807) is 0 Å². The monoisotopic (exact) mass is 1360 g/mol. The first kappa shape index (κ1) is 62.1. The Labute approximate surface area is 614 Å². The van der Waals surface area contributed by atoms with E-state index in [1.807, 2.05) is 49.8 Å². The second-order valence-corrected chi connectivity index (χ2v) is 27.9. The molecule has 3 aliphatic rings. The van der Waals surface area contributed by atoms with Gasteiger partial charge in [-0.25, -0.2) is 24.9 Å². The zero-order valence-corrected chi connectivity index (χ0v) is 58.4. The van der Waals surface area contributed by atoms with Crippen LogP contribution in [0, 0.1) is 20.8 Å². The van der Waals surface area contributed by atoms with E-state index in [1.165, 1.54) is 49.7 Å². The fraction of sp³-hybridized carbons (Fsp3) is 0.0510. The molecular weight excluding hydrogens is 1290 g/mol. The Morgan fingerprint density at radius 3 is 1.58 bits per heavy atom. The number of hydrogen-bond donors (Lipinski definition) is 0. The predicted octanol–water partition coefficient (Wildman–Crippen LogP) is 23.4. The molecule has 4 aromatic heterocycles. The molecule has 0 saturated heterocycles. The van der Waals surface area contributed by atoms with Crippen molar-refractivity contribution in [1.82, 2.24) is 34.9 Å². The van der Waals surface area contributed by atoms with Crippen LogP contribution in [0.25, 0.3) is 134 Å². The lowest BCUT2D eigenvalue weighted by molar-refractivity contribution is 0.436. The van der Waals surface area contributed by atoms with Gasteiger partial charge in [0, 0.05) is 68.7 Å². The molecule has 0 saturated carbocycles. The van der Waals surface area contributed by atoms with Crippen molar-refractivity contribution in [2.24, 2.45) is 0 Å². The maximum absolute atomic E-state index is 7.05. The molecule has 1 atom stereocenters. The van der Waals surface area contributed by atoms with Crippen LogP contribution in [0.4, 0.5) is 0 Å². The van der Waals surface area contributed by atoms with Crippen molar-refractivity contribution in [2.45, 2.75) is 31.6 Å². The first-order valence-electron chi connectivity index (χ1n) is 36.1. The molecule has 0 unspecified atom stereocenters. The lowest BCUT2D eigenvalue weighted by Gasteiger charge is -2.39. The summed E-state index contributed by atoms with van der Waals surface area (Å²) in [5.41, 5.74) is 29.2. The summed E-state index contributed by atoms with van der Waals surface area (Å²) < 4.78 is 7.05. The number of pyridine rings is 2. The van der Waals surface area contributed by atoms with Crippen molar-refractivity contribution < 1.29 is 4.74 Å². The van der Waals surface area contributed by atoms with Crippen molar-refractivity contribution in [3.63, 3.8) is 0 Å². The maximum atomic E-state index is 7.05. The van der Waals surface area contributed by atoms with Crippen LogP contribution in [0.5, 0.6) is 11.5 Å². The zero-order valence-electron chi connectivity index (χ0n) is 58.4. The maximum Gasteiger partial charge on any atom is 0.164 e. The largest absolute Gasteiger partial charge is 0.457 e. The SMILES string of the molecule is Cc1nc(-c2ccc(-c3cccc4ccccc34)cc2)cc(-c2ccc3c(c2)[C@]2(c4ccccc4O3)c3ccccc3-c3c2ccc(-c2ccc(-c4nc(-c5ccccc5)nc(-c5ccc(C6(c7ccccc7)c7ccccc7-c7ccccc76)cc5-c5ncccc5C)n4)cc2)c3-c2cnccc2C)n1. The number of rotatable bonds is 11. The summed E-state index contributed by atoms with van der Waals surface area (Å²) >= 11 is 0. The van der Waals surface area contributed by atoms with Crippen LogP contribution >= 0.6 is 0 Å². The normalized spacial score (nSPS) is 14.0. The molecule has 0 N–H and O–H groups in total. The fourth-order valence-electron chi connectivity index (χ4n) is 17.3. The van der Waals surface area contributed by atoms with E-state index < -0.39 is 10.8 Å². The van der Waals surface area contributed by atoms with Crippen molar-refractivity contribution in [3.05, 3.63) is 402 Å². The second kappa shape index (κ2) is 24.8. The van der Waals surface area contributed by atoms with Gasteiger partial charge in [0.25, 0.3) is 0 Å². The van der Waals surface area contributed by atoms with E-state index in [9.17, 15) is 0 Å². The summed E-state index contributed by atoms with van der Waals surface area (Å²) in [7, 11) is 0. The van der Waals surface area contributed by atoms with Crippen LogP contribution in [0.15, 0.2) is 340 Å². The second-order valence-electron chi connectivity index (χ2n) is 27.9. The molecule has 1 aliphatic heterocycles. The standard InChI is InChI=1S/C98H65N7O/c1-60-53-55-99-59-80(60)91-74(50-51-85-92(91)78-32-14-17-36-83(78)98(85)84-37-18-19-38-89(84)106-90-52-47-69(56-86(90)98)88-58-87(101-62(3)102-88)66-43-39-64(40-44-66)73-33-20-26-63-23-10-11-29-72(63)73)65-41-45-68(46-42-65)95-103-94(67-24-6-4-7-25-67)104-96(105-95)77-49-48-71(57-79(77)93-61(2)22-21-54-100-93)97(70-27-8-5-9-28-70)81-34-15-12-30-75(81)76-31-13-16-35-82(76)97/h4-59H,1-3H3/t98-/m0/s1. The fourth-order valence-corrected chi connectivity index (χ4v) is 17.3. The van der Waals surface area contributed by atoms with Crippen LogP contribution in [-0.4, -0.2) is 34.9 Å². The molecular formula is C98H65N7O. The summed E-state index contributed by atoms with van der Waals surface area (Å²) in [4.78, 5) is 36.5. The Hall–Kier alpha value is -13.7. The lowest BCUT2D eigenvalue weighted by Crippen LogP contribution is -2.32. The Balaban J connectivity index is 0.728. The average Bonchev–Trinajstić information content (AvgIpc) is 1.50. The summed E-state index contributed by atoms with van der Waals surface area (Å²) in [6.45, 7) is 6.30. The van der Waals surface area contributed by atoms with E-state index >= 15 is 0 Å². The summed E-state index contributed by atoms with van der Waals surface area (Å²) in [6, 6.07) is 115. The van der Waals surface area contributed by atoms with Gasteiger partial charge in [-0.05, 0) is 175 Å². The predicted molar refractivity (Wildman–Crippen MR) is 426 cm³/mol. The highest BCUT2D eigenvalue weighted by Crippen LogP contribution is 2.65. The molecule has 106 heavy (non-hydrogen) atoms. The van der Waals surface area contributed by atoms with Crippen LogP contribution in [0.2, 0.25) is 0 Å². The minimum Gasteiger partial charge on any atom is -0.457 e. The van der Waals surface area contributed by atoms with Gasteiger partial charge in [-0.2, -0.15) is 0 Å². The van der Waals surface area contributed by atoms with Crippen molar-refractivity contribution in [1.29, 1.82) is 0 Å². The number of para-hydroxylation sites is 1. The molecule has 13 aromatic carbocycles. The molecule has 498 valence electrons. The highest BCUT2D eigenvalue weighted by Gasteiger charge is 2.53.